The van der Waals surface area contributed by atoms with Gasteiger partial charge in [-0.1, -0.05) is 0 Å². The third-order valence-electron chi connectivity index (χ3n) is 2.95. The van der Waals surface area contributed by atoms with Gasteiger partial charge >= 0.3 is 0 Å². The standard InChI is InChI=1S/C12H14F4N2/c13-9-1-2-11(14)10(7-9)12(15,16)8-18-5-3-17-4-6-18/h1-2,7,17H,3-6,8H2. The highest BCUT2D eigenvalue weighted by molar-refractivity contribution is 5.23. The van der Waals surface area contributed by atoms with E-state index in [1.54, 1.807) is 4.90 Å². The predicted molar refractivity (Wildman–Crippen MR) is 59.6 cm³/mol. The summed E-state index contributed by atoms with van der Waals surface area (Å²) in [5.74, 6) is -5.31. The van der Waals surface area contributed by atoms with Crippen LogP contribution in [-0.4, -0.2) is 37.6 Å². The number of hydrogen-bond donors (Lipinski definition) is 1. The average molecular weight is 262 g/mol. The number of alkyl halides is 2. The summed E-state index contributed by atoms with van der Waals surface area (Å²) in [6.45, 7) is 1.62. The first-order valence-electron chi connectivity index (χ1n) is 5.75. The highest BCUT2D eigenvalue weighted by Gasteiger charge is 2.37. The van der Waals surface area contributed by atoms with Crippen LogP contribution >= 0.6 is 0 Å². The van der Waals surface area contributed by atoms with E-state index in [0.717, 1.165) is 12.1 Å². The SMILES string of the molecule is Fc1ccc(F)c(C(F)(F)CN2CCNCC2)c1. The Morgan fingerprint density at radius 3 is 2.50 bits per heavy atom. The van der Waals surface area contributed by atoms with Gasteiger partial charge in [-0.2, -0.15) is 8.78 Å². The van der Waals surface area contributed by atoms with Crippen LogP contribution in [-0.2, 0) is 5.92 Å². The maximum atomic E-state index is 13.9. The number of piperazine rings is 1. The third kappa shape index (κ3) is 3.00. The fourth-order valence-corrected chi connectivity index (χ4v) is 2.01. The zero-order valence-corrected chi connectivity index (χ0v) is 9.73. The topological polar surface area (TPSA) is 15.3 Å². The lowest BCUT2D eigenvalue weighted by Gasteiger charge is -2.30. The molecule has 0 aliphatic carbocycles. The van der Waals surface area contributed by atoms with Gasteiger partial charge in [-0.3, -0.25) is 4.90 Å². The Hall–Kier alpha value is -1.14. The molecule has 1 aromatic carbocycles. The largest absolute Gasteiger partial charge is 0.314 e. The molecule has 1 saturated heterocycles. The zero-order chi connectivity index (χ0) is 13.2. The molecular formula is C12H14F4N2. The molecule has 1 fully saturated rings. The Bertz CT molecular complexity index is 417. The molecule has 0 spiro atoms. The molecule has 2 rings (SSSR count). The van der Waals surface area contributed by atoms with Gasteiger partial charge in [-0.25, -0.2) is 8.78 Å². The number of nitrogens with one attached hydrogen (secondary N) is 1. The van der Waals surface area contributed by atoms with Crippen LogP contribution in [0.3, 0.4) is 0 Å². The molecule has 0 unspecified atom stereocenters. The van der Waals surface area contributed by atoms with Crippen LogP contribution < -0.4 is 5.32 Å². The summed E-state index contributed by atoms with van der Waals surface area (Å²) < 4.78 is 54.1. The summed E-state index contributed by atoms with van der Waals surface area (Å²) in [5, 5.41) is 3.04. The van der Waals surface area contributed by atoms with Gasteiger partial charge in [0, 0.05) is 26.2 Å². The van der Waals surface area contributed by atoms with Crippen molar-refractivity contribution in [3.05, 3.63) is 35.4 Å². The smallest absolute Gasteiger partial charge is 0.288 e. The molecule has 1 aliphatic heterocycles. The molecule has 0 amide bonds. The first-order valence-corrected chi connectivity index (χ1v) is 5.75. The molecule has 0 radical (unpaired) electrons. The third-order valence-corrected chi connectivity index (χ3v) is 2.95. The van der Waals surface area contributed by atoms with E-state index in [4.69, 9.17) is 0 Å². The molecule has 0 atom stereocenters. The molecule has 18 heavy (non-hydrogen) atoms. The average Bonchev–Trinajstić information content (AvgIpc) is 2.33. The van der Waals surface area contributed by atoms with E-state index >= 15 is 0 Å². The Morgan fingerprint density at radius 1 is 1.17 bits per heavy atom. The fraction of sp³-hybridized carbons (Fsp3) is 0.500. The molecule has 1 N–H and O–H groups in total. The van der Waals surface area contributed by atoms with Crippen LogP contribution in [0.25, 0.3) is 0 Å². The van der Waals surface area contributed by atoms with Gasteiger partial charge in [-0.05, 0) is 18.2 Å². The summed E-state index contributed by atoms with van der Waals surface area (Å²) in [7, 11) is 0. The van der Waals surface area contributed by atoms with Crippen molar-refractivity contribution in [2.24, 2.45) is 0 Å². The molecule has 1 heterocycles. The van der Waals surface area contributed by atoms with E-state index in [1.165, 1.54) is 0 Å². The molecular weight excluding hydrogens is 248 g/mol. The second-order valence-corrected chi connectivity index (χ2v) is 4.35. The lowest BCUT2D eigenvalue weighted by molar-refractivity contribution is -0.0430. The van der Waals surface area contributed by atoms with Crippen molar-refractivity contribution in [1.29, 1.82) is 0 Å². The molecule has 1 aromatic rings. The van der Waals surface area contributed by atoms with Crippen molar-refractivity contribution in [2.75, 3.05) is 32.7 Å². The number of nitrogens with zero attached hydrogens (tertiary/aromatic N) is 1. The number of hydrogen-bond acceptors (Lipinski definition) is 2. The van der Waals surface area contributed by atoms with E-state index in [2.05, 4.69) is 5.32 Å². The minimum absolute atomic E-state index is 0.479. The number of benzene rings is 1. The first-order chi connectivity index (χ1) is 8.49. The van der Waals surface area contributed by atoms with E-state index in [-0.39, 0.29) is 0 Å². The van der Waals surface area contributed by atoms with Gasteiger partial charge in [0.05, 0.1) is 12.1 Å². The van der Waals surface area contributed by atoms with Crippen molar-refractivity contribution >= 4 is 0 Å². The molecule has 0 aromatic heterocycles. The minimum Gasteiger partial charge on any atom is -0.314 e. The van der Waals surface area contributed by atoms with Gasteiger partial charge in [0.1, 0.15) is 11.6 Å². The van der Waals surface area contributed by atoms with Crippen LogP contribution in [0.2, 0.25) is 0 Å². The van der Waals surface area contributed by atoms with Crippen molar-refractivity contribution in [3.63, 3.8) is 0 Å². The second-order valence-electron chi connectivity index (χ2n) is 4.35. The quantitative estimate of drug-likeness (QED) is 0.838. The monoisotopic (exact) mass is 262 g/mol. The van der Waals surface area contributed by atoms with Gasteiger partial charge in [0.2, 0.25) is 0 Å². The fourth-order valence-electron chi connectivity index (χ4n) is 2.01. The van der Waals surface area contributed by atoms with Crippen LogP contribution in [0.15, 0.2) is 18.2 Å². The normalized spacial score (nSPS) is 18.0. The second kappa shape index (κ2) is 5.24. The van der Waals surface area contributed by atoms with Crippen molar-refractivity contribution < 1.29 is 17.6 Å². The Labute approximate surface area is 103 Å². The van der Waals surface area contributed by atoms with Crippen LogP contribution in [0, 0.1) is 11.6 Å². The Morgan fingerprint density at radius 2 is 1.83 bits per heavy atom. The van der Waals surface area contributed by atoms with Crippen LogP contribution in [0.4, 0.5) is 17.6 Å². The summed E-state index contributed by atoms with van der Waals surface area (Å²) in [5.41, 5.74) is -0.874. The van der Waals surface area contributed by atoms with Crippen LogP contribution in [0.1, 0.15) is 5.56 Å². The van der Waals surface area contributed by atoms with Crippen LogP contribution in [0.5, 0.6) is 0 Å². The summed E-state index contributed by atoms with van der Waals surface area (Å²) in [4.78, 5) is 1.54. The highest BCUT2D eigenvalue weighted by Crippen LogP contribution is 2.31. The Balaban J connectivity index is 2.15. The molecule has 1 aliphatic rings. The van der Waals surface area contributed by atoms with Crippen molar-refractivity contribution in [2.45, 2.75) is 5.92 Å². The van der Waals surface area contributed by atoms with Gasteiger partial charge in [0.15, 0.2) is 0 Å². The van der Waals surface area contributed by atoms with Crippen molar-refractivity contribution in [3.8, 4) is 0 Å². The van der Waals surface area contributed by atoms with Gasteiger partial charge < -0.3 is 5.32 Å². The zero-order valence-electron chi connectivity index (χ0n) is 9.73. The van der Waals surface area contributed by atoms with E-state index < -0.39 is 29.7 Å². The lowest BCUT2D eigenvalue weighted by atomic mass is 10.1. The molecule has 2 nitrogen and oxygen atoms in total. The van der Waals surface area contributed by atoms with E-state index in [9.17, 15) is 17.6 Å². The van der Waals surface area contributed by atoms with E-state index in [1.807, 2.05) is 0 Å². The summed E-state index contributed by atoms with van der Waals surface area (Å²) in [6.07, 6.45) is 0. The maximum absolute atomic E-state index is 13.9. The van der Waals surface area contributed by atoms with E-state index in [0.29, 0.717) is 32.2 Å². The number of halogens is 4. The first kappa shape index (κ1) is 13.3. The predicted octanol–water partition coefficient (Wildman–Crippen LogP) is 1.96. The molecule has 100 valence electrons. The minimum atomic E-state index is -3.39. The molecule has 6 heteroatoms. The highest BCUT2D eigenvalue weighted by atomic mass is 19.3. The van der Waals surface area contributed by atoms with Crippen molar-refractivity contribution in [1.82, 2.24) is 10.2 Å². The Kier molecular flexibility index (Phi) is 3.87. The summed E-state index contributed by atoms with van der Waals surface area (Å²) in [6, 6.07) is 2.13. The van der Waals surface area contributed by atoms with Gasteiger partial charge in [0.25, 0.3) is 5.92 Å². The number of rotatable bonds is 3. The molecule has 0 bridgehead atoms. The summed E-state index contributed by atoms with van der Waals surface area (Å²) >= 11 is 0. The molecule has 0 saturated carbocycles. The maximum Gasteiger partial charge on any atom is 0.288 e. The van der Waals surface area contributed by atoms with Gasteiger partial charge in [-0.15, -0.1) is 0 Å². The lowest BCUT2D eigenvalue weighted by Crippen LogP contribution is -2.47.